The van der Waals surface area contributed by atoms with E-state index in [0.717, 1.165) is 28.3 Å². The molecule has 0 N–H and O–H groups in total. The Bertz CT molecular complexity index is 1570. The Labute approximate surface area is 211 Å². The predicted octanol–water partition coefficient (Wildman–Crippen LogP) is 4.48. The fourth-order valence-corrected chi connectivity index (χ4v) is 7.30. The van der Waals surface area contributed by atoms with Gasteiger partial charge in [-0.05, 0) is 25.1 Å². The summed E-state index contributed by atoms with van der Waals surface area (Å²) in [5.74, 6) is 0. The number of alkyl halides is 3. The molecule has 0 aliphatic carbocycles. The molecule has 2 aromatic heterocycles. The first kappa shape index (κ1) is 23.9. The Hall–Kier alpha value is -2.82. The molecule has 0 atom stereocenters. The number of fused-ring (bicyclic) bond motifs is 1. The molecular weight excluding hydrogens is 511 g/mol. The second-order valence-corrected chi connectivity index (χ2v) is 11.0. The third-order valence-corrected chi connectivity index (χ3v) is 9.06. The van der Waals surface area contributed by atoms with Crippen molar-refractivity contribution in [3.63, 3.8) is 0 Å². The van der Waals surface area contributed by atoms with E-state index in [-0.39, 0.29) is 5.56 Å². The smallest absolute Gasteiger partial charge is 0.337 e. The quantitative estimate of drug-likeness (QED) is 0.363. The van der Waals surface area contributed by atoms with Crippen LogP contribution in [0.15, 0.2) is 69.8 Å². The number of hydrogen-bond acceptors (Lipinski definition) is 5. The Balaban J connectivity index is 1.59. The molecule has 0 amide bonds. The maximum absolute atomic E-state index is 13.3. The van der Waals surface area contributed by atoms with Crippen molar-refractivity contribution in [2.75, 3.05) is 11.9 Å². The van der Waals surface area contributed by atoms with Crippen LogP contribution in [-0.2, 0) is 19.3 Å². The molecule has 35 heavy (non-hydrogen) atoms. The van der Waals surface area contributed by atoms with E-state index in [1.807, 2.05) is 42.8 Å². The molecule has 4 aromatic rings. The zero-order chi connectivity index (χ0) is 24.7. The standard InChI is InChI=1S/C25H21F3N3OS3/c1-3-31-21(14-20-30(11-12-33-20)15-16-7-5-4-6-8-16)35-22(23(31)32)24-29(2)18-10-9-17(25(26,27)28)13-19(18)34-24/h4-14H,3,15H2,1-2H3/q+1/b24-22+. The van der Waals surface area contributed by atoms with Crippen molar-refractivity contribution in [2.45, 2.75) is 31.1 Å². The third-order valence-electron chi connectivity index (χ3n) is 5.74. The molecule has 1 aliphatic rings. The van der Waals surface area contributed by atoms with E-state index in [1.165, 1.54) is 34.7 Å². The first-order chi connectivity index (χ1) is 16.8. The van der Waals surface area contributed by atoms with Crippen molar-refractivity contribution < 1.29 is 17.7 Å². The summed E-state index contributed by atoms with van der Waals surface area (Å²) in [6.07, 6.45) is -0.370. The lowest BCUT2D eigenvalue weighted by molar-refractivity contribution is -0.685. The lowest BCUT2D eigenvalue weighted by Crippen LogP contribution is -2.36. The molecule has 5 rings (SSSR count). The Morgan fingerprint density at radius 2 is 1.89 bits per heavy atom. The van der Waals surface area contributed by atoms with E-state index in [0.29, 0.717) is 26.7 Å². The van der Waals surface area contributed by atoms with Gasteiger partial charge in [0.05, 0.1) is 22.7 Å². The average Bonchev–Trinajstić information content (AvgIpc) is 3.49. The van der Waals surface area contributed by atoms with E-state index < -0.39 is 11.7 Å². The zero-order valence-electron chi connectivity index (χ0n) is 18.9. The zero-order valence-corrected chi connectivity index (χ0v) is 21.3. The van der Waals surface area contributed by atoms with Crippen LogP contribution >= 0.6 is 34.4 Å². The molecule has 0 spiro atoms. The second-order valence-electron chi connectivity index (χ2n) is 7.96. The highest BCUT2D eigenvalue weighted by molar-refractivity contribution is 8.08. The number of rotatable bonds is 4. The van der Waals surface area contributed by atoms with Gasteiger partial charge in [0, 0.05) is 24.1 Å². The van der Waals surface area contributed by atoms with Gasteiger partial charge in [-0.15, -0.1) is 11.3 Å². The summed E-state index contributed by atoms with van der Waals surface area (Å²) in [6.45, 7) is 3.14. The largest absolute Gasteiger partial charge is 0.416 e. The molecule has 0 fully saturated rings. The molecule has 0 radical (unpaired) electrons. The van der Waals surface area contributed by atoms with Crippen LogP contribution in [0.1, 0.15) is 23.1 Å². The molecule has 0 saturated heterocycles. The van der Waals surface area contributed by atoms with Gasteiger partial charge in [-0.1, -0.05) is 53.4 Å². The van der Waals surface area contributed by atoms with Gasteiger partial charge >= 0.3 is 6.18 Å². The lowest BCUT2D eigenvalue weighted by Gasteiger charge is -2.13. The number of aromatic nitrogens is 2. The minimum absolute atomic E-state index is 0.131. The van der Waals surface area contributed by atoms with Crippen molar-refractivity contribution >= 4 is 51.2 Å². The molecule has 180 valence electrons. The summed E-state index contributed by atoms with van der Waals surface area (Å²) < 4.78 is 44.8. The van der Waals surface area contributed by atoms with Crippen LogP contribution in [0, 0.1) is 0 Å². The maximum atomic E-state index is 13.3. The first-order valence-corrected chi connectivity index (χ1v) is 13.4. The topological polar surface area (TPSA) is 29.1 Å². The number of halogens is 3. The minimum Gasteiger partial charge on any atom is -0.337 e. The second kappa shape index (κ2) is 9.33. The molecule has 0 bridgehead atoms. The highest BCUT2D eigenvalue weighted by Crippen LogP contribution is 2.47. The molecule has 4 nitrogen and oxygen atoms in total. The predicted molar refractivity (Wildman–Crippen MR) is 136 cm³/mol. The molecule has 0 saturated carbocycles. The van der Waals surface area contributed by atoms with Gasteiger partial charge in [0.2, 0.25) is 0 Å². The molecule has 2 aromatic carbocycles. The first-order valence-electron chi connectivity index (χ1n) is 10.9. The fourth-order valence-electron chi connectivity index (χ4n) is 3.95. The maximum Gasteiger partial charge on any atom is 0.416 e. The van der Waals surface area contributed by atoms with E-state index in [9.17, 15) is 18.0 Å². The van der Waals surface area contributed by atoms with Gasteiger partial charge in [-0.25, -0.2) is 0 Å². The summed E-state index contributed by atoms with van der Waals surface area (Å²) in [6, 6.07) is 13.9. The molecule has 0 unspecified atom stereocenters. The van der Waals surface area contributed by atoms with Gasteiger partial charge in [0.15, 0.2) is 12.7 Å². The lowest BCUT2D eigenvalue weighted by atomic mass is 10.2. The van der Waals surface area contributed by atoms with Gasteiger partial charge in [-0.2, -0.15) is 17.7 Å². The number of thioether (sulfide) groups is 1. The Morgan fingerprint density at radius 3 is 2.60 bits per heavy atom. The SMILES string of the molecule is CCn1c(=O)/c(=C2\Sc3cc(C(F)(F)F)ccc3N2C)s/c1=C\c1scc[n+]1Cc1ccccc1. The van der Waals surface area contributed by atoms with Crippen LogP contribution in [0.2, 0.25) is 0 Å². The van der Waals surface area contributed by atoms with Crippen molar-refractivity contribution in [2.24, 2.45) is 0 Å². The number of anilines is 1. The van der Waals surface area contributed by atoms with Crippen LogP contribution in [0.4, 0.5) is 18.9 Å². The van der Waals surface area contributed by atoms with Crippen molar-refractivity contribution in [3.8, 4) is 0 Å². The van der Waals surface area contributed by atoms with Crippen LogP contribution in [0.5, 0.6) is 0 Å². The van der Waals surface area contributed by atoms with Crippen molar-refractivity contribution in [1.29, 1.82) is 0 Å². The summed E-state index contributed by atoms with van der Waals surface area (Å²) in [5.41, 5.74) is 1.03. The summed E-state index contributed by atoms with van der Waals surface area (Å²) in [7, 11) is 1.79. The van der Waals surface area contributed by atoms with Crippen molar-refractivity contribution in [3.05, 3.63) is 95.8 Å². The monoisotopic (exact) mass is 532 g/mol. The molecule has 10 heteroatoms. The van der Waals surface area contributed by atoms with Crippen LogP contribution in [0.3, 0.4) is 0 Å². The van der Waals surface area contributed by atoms with E-state index >= 15 is 0 Å². The van der Waals surface area contributed by atoms with Crippen molar-refractivity contribution in [1.82, 2.24) is 4.57 Å². The van der Waals surface area contributed by atoms with Crippen LogP contribution < -0.4 is 24.2 Å². The van der Waals surface area contributed by atoms with Gasteiger partial charge < -0.3 is 4.90 Å². The van der Waals surface area contributed by atoms with Gasteiger partial charge in [0.1, 0.15) is 14.2 Å². The average molecular weight is 533 g/mol. The number of nitrogens with zero attached hydrogens (tertiary/aromatic N) is 3. The highest BCUT2D eigenvalue weighted by atomic mass is 32.2. The molecule has 1 aliphatic heterocycles. The number of hydrogen-bond donors (Lipinski definition) is 0. The Kier molecular flexibility index (Phi) is 6.37. The molecular formula is C25H21F3N3OS3+. The van der Waals surface area contributed by atoms with Gasteiger partial charge in [-0.3, -0.25) is 9.36 Å². The van der Waals surface area contributed by atoms with E-state index in [2.05, 4.69) is 16.7 Å². The minimum atomic E-state index is -4.41. The van der Waals surface area contributed by atoms with E-state index in [4.69, 9.17) is 0 Å². The van der Waals surface area contributed by atoms with Gasteiger partial charge in [0.25, 0.3) is 10.6 Å². The Morgan fingerprint density at radius 1 is 1.11 bits per heavy atom. The van der Waals surface area contributed by atoms with Crippen LogP contribution in [0.25, 0.3) is 11.1 Å². The summed E-state index contributed by atoms with van der Waals surface area (Å²) in [4.78, 5) is 15.6. The highest BCUT2D eigenvalue weighted by Gasteiger charge is 2.33. The normalized spacial score (nSPS) is 15.7. The number of benzene rings is 2. The van der Waals surface area contributed by atoms with Crippen LogP contribution in [-0.4, -0.2) is 11.6 Å². The van der Waals surface area contributed by atoms with E-state index in [1.54, 1.807) is 27.9 Å². The number of thiazole rings is 2. The third kappa shape index (κ3) is 4.57. The fraction of sp³-hybridized carbons (Fsp3) is 0.200. The summed E-state index contributed by atoms with van der Waals surface area (Å²) >= 11 is 4.18. The molecule has 3 heterocycles. The summed E-state index contributed by atoms with van der Waals surface area (Å²) in [5, 5.41) is 3.68.